The molecular formula is C9H18S. The summed E-state index contributed by atoms with van der Waals surface area (Å²) < 4.78 is 0. The Bertz CT molecular complexity index is 107. The van der Waals surface area contributed by atoms with Crippen molar-refractivity contribution >= 4 is 12.6 Å². The van der Waals surface area contributed by atoms with Crippen molar-refractivity contribution in [1.82, 2.24) is 0 Å². The molecule has 0 aromatic carbocycles. The van der Waals surface area contributed by atoms with E-state index in [0.29, 0.717) is 10.7 Å². The van der Waals surface area contributed by atoms with Crippen molar-refractivity contribution in [2.45, 2.75) is 51.2 Å². The Morgan fingerprint density at radius 1 is 1.20 bits per heavy atom. The van der Waals surface area contributed by atoms with Crippen LogP contribution in [0, 0.1) is 5.41 Å². The standard InChI is InChI=1S/C9H18S/c1-9(2)6-3-4-8(10)5-7-9/h8,10H,3-7H2,1-2H3. The highest BCUT2D eigenvalue weighted by Gasteiger charge is 2.22. The van der Waals surface area contributed by atoms with Crippen LogP contribution in [-0.4, -0.2) is 5.25 Å². The van der Waals surface area contributed by atoms with Crippen LogP contribution in [0.5, 0.6) is 0 Å². The van der Waals surface area contributed by atoms with E-state index < -0.39 is 0 Å². The number of thiol groups is 1. The van der Waals surface area contributed by atoms with Crippen LogP contribution in [-0.2, 0) is 0 Å². The van der Waals surface area contributed by atoms with Crippen molar-refractivity contribution in [3.8, 4) is 0 Å². The molecular weight excluding hydrogens is 140 g/mol. The summed E-state index contributed by atoms with van der Waals surface area (Å²) in [6, 6.07) is 0. The molecule has 10 heavy (non-hydrogen) atoms. The van der Waals surface area contributed by atoms with Crippen molar-refractivity contribution in [3.05, 3.63) is 0 Å². The number of hydrogen-bond donors (Lipinski definition) is 1. The summed E-state index contributed by atoms with van der Waals surface area (Å²) >= 11 is 4.51. The van der Waals surface area contributed by atoms with E-state index in [9.17, 15) is 0 Å². The lowest BCUT2D eigenvalue weighted by molar-refractivity contribution is 0.315. The Kier molecular flexibility index (Phi) is 2.67. The Labute approximate surface area is 69.8 Å². The Morgan fingerprint density at radius 3 is 2.60 bits per heavy atom. The van der Waals surface area contributed by atoms with Crippen LogP contribution in [0.25, 0.3) is 0 Å². The highest BCUT2D eigenvalue weighted by Crippen LogP contribution is 2.35. The Balaban J connectivity index is 2.41. The molecule has 0 aliphatic heterocycles. The van der Waals surface area contributed by atoms with Gasteiger partial charge in [-0.15, -0.1) is 0 Å². The predicted molar refractivity (Wildman–Crippen MR) is 49.6 cm³/mol. The molecule has 1 atom stereocenters. The summed E-state index contributed by atoms with van der Waals surface area (Å²) in [6.07, 6.45) is 6.77. The van der Waals surface area contributed by atoms with Gasteiger partial charge in [0.05, 0.1) is 0 Å². The zero-order valence-corrected chi connectivity index (χ0v) is 7.95. The first-order valence-electron chi connectivity index (χ1n) is 4.28. The Morgan fingerprint density at radius 2 is 1.90 bits per heavy atom. The molecule has 0 spiro atoms. The fourth-order valence-electron chi connectivity index (χ4n) is 1.64. The molecule has 1 unspecified atom stereocenters. The highest BCUT2D eigenvalue weighted by molar-refractivity contribution is 7.80. The van der Waals surface area contributed by atoms with Crippen molar-refractivity contribution < 1.29 is 0 Å². The summed E-state index contributed by atoms with van der Waals surface area (Å²) in [5.41, 5.74) is 0.595. The fraction of sp³-hybridized carbons (Fsp3) is 1.00. The van der Waals surface area contributed by atoms with E-state index in [1.165, 1.54) is 32.1 Å². The van der Waals surface area contributed by atoms with Gasteiger partial charge in [0, 0.05) is 5.25 Å². The molecule has 0 N–H and O–H groups in total. The topological polar surface area (TPSA) is 0 Å². The largest absolute Gasteiger partial charge is 0.176 e. The van der Waals surface area contributed by atoms with Crippen LogP contribution in [0.4, 0.5) is 0 Å². The van der Waals surface area contributed by atoms with E-state index >= 15 is 0 Å². The smallest absolute Gasteiger partial charge is 0.00170 e. The van der Waals surface area contributed by atoms with Gasteiger partial charge >= 0.3 is 0 Å². The minimum atomic E-state index is 0.595. The SMILES string of the molecule is CC1(C)CCCC(S)CC1. The lowest BCUT2D eigenvalue weighted by Gasteiger charge is -2.21. The first-order valence-corrected chi connectivity index (χ1v) is 4.80. The predicted octanol–water partition coefficient (Wildman–Crippen LogP) is 3.28. The van der Waals surface area contributed by atoms with Crippen LogP contribution >= 0.6 is 12.6 Å². The van der Waals surface area contributed by atoms with Gasteiger partial charge in [0.25, 0.3) is 0 Å². The summed E-state index contributed by atoms with van der Waals surface area (Å²) in [7, 11) is 0. The molecule has 0 aromatic heterocycles. The molecule has 0 nitrogen and oxygen atoms in total. The average Bonchev–Trinajstić information content (AvgIpc) is 1.94. The zero-order valence-electron chi connectivity index (χ0n) is 7.06. The lowest BCUT2D eigenvalue weighted by atomic mass is 9.85. The fourth-order valence-corrected chi connectivity index (χ4v) is 1.95. The van der Waals surface area contributed by atoms with Gasteiger partial charge in [-0.1, -0.05) is 20.3 Å². The summed E-state index contributed by atoms with van der Waals surface area (Å²) in [5, 5.41) is 0.682. The third-order valence-electron chi connectivity index (χ3n) is 2.55. The Hall–Kier alpha value is 0.350. The number of rotatable bonds is 0. The maximum Gasteiger partial charge on any atom is 0.00170 e. The molecule has 0 aromatic rings. The van der Waals surface area contributed by atoms with Crippen LogP contribution in [0.1, 0.15) is 46.0 Å². The first-order chi connectivity index (χ1) is 4.60. The molecule has 0 bridgehead atoms. The van der Waals surface area contributed by atoms with E-state index in [-0.39, 0.29) is 0 Å². The third kappa shape index (κ3) is 2.53. The first kappa shape index (κ1) is 8.45. The molecule has 60 valence electrons. The molecule has 1 fully saturated rings. The summed E-state index contributed by atoms with van der Waals surface area (Å²) in [5.74, 6) is 0. The van der Waals surface area contributed by atoms with Gasteiger partial charge in [-0.3, -0.25) is 0 Å². The van der Waals surface area contributed by atoms with Crippen LogP contribution in [0.15, 0.2) is 0 Å². The van der Waals surface area contributed by atoms with E-state index in [4.69, 9.17) is 0 Å². The molecule has 0 amide bonds. The zero-order chi connectivity index (χ0) is 7.61. The van der Waals surface area contributed by atoms with E-state index in [2.05, 4.69) is 26.5 Å². The molecule has 0 radical (unpaired) electrons. The highest BCUT2D eigenvalue weighted by atomic mass is 32.1. The van der Waals surface area contributed by atoms with Crippen molar-refractivity contribution in [3.63, 3.8) is 0 Å². The van der Waals surface area contributed by atoms with Crippen LogP contribution in [0.3, 0.4) is 0 Å². The van der Waals surface area contributed by atoms with Gasteiger partial charge in [-0.05, 0) is 31.1 Å². The van der Waals surface area contributed by atoms with Gasteiger partial charge in [0.1, 0.15) is 0 Å². The maximum absolute atomic E-state index is 4.51. The minimum absolute atomic E-state index is 0.595. The summed E-state index contributed by atoms with van der Waals surface area (Å²) in [6.45, 7) is 4.75. The molecule has 0 heterocycles. The van der Waals surface area contributed by atoms with Gasteiger partial charge < -0.3 is 0 Å². The van der Waals surface area contributed by atoms with Gasteiger partial charge in [0.2, 0.25) is 0 Å². The van der Waals surface area contributed by atoms with Crippen molar-refractivity contribution in [1.29, 1.82) is 0 Å². The molecule has 1 heteroatoms. The second kappa shape index (κ2) is 3.17. The average molecular weight is 158 g/mol. The normalized spacial score (nSPS) is 33.3. The molecule has 1 aliphatic carbocycles. The van der Waals surface area contributed by atoms with Crippen molar-refractivity contribution in [2.75, 3.05) is 0 Å². The molecule has 1 aliphatic rings. The quantitative estimate of drug-likeness (QED) is 0.406. The van der Waals surface area contributed by atoms with Gasteiger partial charge in [0.15, 0.2) is 0 Å². The van der Waals surface area contributed by atoms with E-state index in [1.54, 1.807) is 0 Å². The second-order valence-electron chi connectivity index (χ2n) is 4.25. The monoisotopic (exact) mass is 158 g/mol. The molecule has 1 rings (SSSR count). The van der Waals surface area contributed by atoms with E-state index in [0.717, 1.165) is 0 Å². The van der Waals surface area contributed by atoms with Gasteiger partial charge in [-0.25, -0.2) is 0 Å². The molecule has 0 saturated heterocycles. The second-order valence-corrected chi connectivity index (χ2v) is 4.98. The van der Waals surface area contributed by atoms with Crippen LogP contribution < -0.4 is 0 Å². The maximum atomic E-state index is 4.51. The van der Waals surface area contributed by atoms with E-state index in [1.807, 2.05) is 0 Å². The number of hydrogen-bond acceptors (Lipinski definition) is 1. The van der Waals surface area contributed by atoms with Gasteiger partial charge in [-0.2, -0.15) is 12.6 Å². The molecule has 1 saturated carbocycles. The third-order valence-corrected chi connectivity index (χ3v) is 3.06. The minimum Gasteiger partial charge on any atom is -0.176 e. The van der Waals surface area contributed by atoms with Crippen molar-refractivity contribution in [2.24, 2.45) is 5.41 Å². The van der Waals surface area contributed by atoms with Crippen LogP contribution in [0.2, 0.25) is 0 Å². The summed E-state index contributed by atoms with van der Waals surface area (Å²) in [4.78, 5) is 0. The lowest BCUT2D eigenvalue weighted by Crippen LogP contribution is -2.08.